The highest BCUT2D eigenvalue weighted by Crippen LogP contribution is 2.32. The maximum absolute atomic E-state index is 13.6. The molecular formula is C24H23N3OS. The molecule has 0 N–H and O–H groups in total. The van der Waals surface area contributed by atoms with E-state index >= 15 is 0 Å². The van der Waals surface area contributed by atoms with E-state index < -0.39 is 0 Å². The first-order chi connectivity index (χ1) is 14.0. The zero-order valence-corrected chi connectivity index (χ0v) is 17.7. The molecule has 4 rings (SSSR count). The summed E-state index contributed by atoms with van der Waals surface area (Å²) in [5.74, 6) is -0.0494. The molecule has 5 heteroatoms. The molecular weight excluding hydrogens is 378 g/mol. The average Bonchev–Trinajstić information content (AvgIpc) is 3.16. The third-order valence-electron chi connectivity index (χ3n) is 5.00. The monoisotopic (exact) mass is 401 g/mol. The second kappa shape index (κ2) is 8.13. The standard InChI is InChI=1S/C24H23N3OS/c1-4-18-10-11-21-22(14-18)29-24(26-21)27(15-19-7-5-6-12-25-19)23(28)20-13-16(2)8-9-17(20)3/h5-14H,4,15H2,1-3H3. The van der Waals surface area contributed by atoms with Gasteiger partial charge >= 0.3 is 0 Å². The lowest BCUT2D eigenvalue weighted by Crippen LogP contribution is -2.31. The number of carbonyl (C=O) groups is 1. The normalized spacial score (nSPS) is 11.0. The minimum Gasteiger partial charge on any atom is -0.278 e. The van der Waals surface area contributed by atoms with E-state index in [4.69, 9.17) is 4.98 Å². The van der Waals surface area contributed by atoms with Crippen LogP contribution in [-0.2, 0) is 13.0 Å². The van der Waals surface area contributed by atoms with Crippen molar-refractivity contribution in [3.63, 3.8) is 0 Å². The van der Waals surface area contributed by atoms with Gasteiger partial charge in [0.2, 0.25) is 0 Å². The summed E-state index contributed by atoms with van der Waals surface area (Å²) in [4.78, 5) is 24.5. The molecule has 29 heavy (non-hydrogen) atoms. The molecule has 1 amide bonds. The summed E-state index contributed by atoms with van der Waals surface area (Å²) >= 11 is 1.55. The van der Waals surface area contributed by atoms with Gasteiger partial charge < -0.3 is 0 Å². The van der Waals surface area contributed by atoms with Crippen molar-refractivity contribution in [2.45, 2.75) is 33.7 Å². The zero-order chi connectivity index (χ0) is 20.4. The summed E-state index contributed by atoms with van der Waals surface area (Å²) in [7, 11) is 0. The summed E-state index contributed by atoms with van der Waals surface area (Å²) in [5, 5.41) is 0.699. The summed E-state index contributed by atoms with van der Waals surface area (Å²) in [6.45, 7) is 6.49. The van der Waals surface area contributed by atoms with Crippen molar-refractivity contribution in [1.82, 2.24) is 9.97 Å². The van der Waals surface area contributed by atoms with Crippen molar-refractivity contribution in [2.75, 3.05) is 4.90 Å². The number of amides is 1. The summed E-state index contributed by atoms with van der Waals surface area (Å²) < 4.78 is 1.10. The van der Waals surface area contributed by atoms with Crippen LogP contribution in [0.4, 0.5) is 5.13 Å². The van der Waals surface area contributed by atoms with Crippen molar-refractivity contribution in [3.8, 4) is 0 Å². The number of rotatable bonds is 5. The number of hydrogen-bond acceptors (Lipinski definition) is 4. The number of hydrogen-bond donors (Lipinski definition) is 0. The van der Waals surface area contributed by atoms with Crippen LogP contribution >= 0.6 is 11.3 Å². The molecule has 0 aliphatic carbocycles. The van der Waals surface area contributed by atoms with E-state index in [-0.39, 0.29) is 5.91 Å². The van der Waals surface area contributed by atoms with Gasteiger partial charge in [0.1, 0.15) is 0 Å². The number of benzene rings is 2. The molecule has 0 saturated carbocycles. The molecule has 0 aliphatic rings. The summed E-state index contributed by atoms with van der Waals surface area (Å²) in [5.41, 5.74) is 5.75. The van der Waals surface area contributed by atoms with Crippen LogP contribution in [0.15, 0.2) is 60.8 Å². The number of anilines is 1. The lowest BCUT2D eigenvalue weighted by Gasteiger charge is -2.21. The molecule has 2 aromatic carbocycles. The predicted octanol–water partition coefficient (Wildman–Crippen LogP) is 5.72. The Bertz CT molecular complexity index is 1170. The molecule has 0 aliphatic heterocycles. The Kier molecular flexibility index (Phi) is 5.41. The third-order valence-corrected chi connectivity index (χ3v) is 6.04. The molecule has 0 saturated heterocycles. The Morgan fingerprint density at radius 3 is 2.69 bits per heavy atom. The maximum Gasteiger partial charge on any atom is 0.260 e. The highest BCUT2D eigenvalue weighted by molar-refractivity contribution is 7.22. The topological polar surface area (TPSA) is 46.1 Å². The quantitative estimate of drug-likeness (QED) is 0.430. The third kappa shape index (κ3) is 4.05. The minimum atomic E-state index is -0.0494. The fourth-order valence-electron chi connectivity index (χ4n) is 3.28. The van der Waals surface area contributed by atoms with Crippen LogP contribution in [0.2, 0.25) is 0 Å². The first-order valence-electron chi connectivity index (χ1n) is 9.73. The van der Waals surface area contributed by atoms with Crippen molar-refractivity contribution in [2.24, 2.45) is 0 Å². The van der Waals surface area contributed by atoms with E-state index in [1.54, 1.807) is 22.4 Å². The van der Waals surface area contributed by atoms with Gasteiger partial charge in [-0.25, -0.2) is 4.98 Å². The van der Waals surface area contributed by atoms with E-state index in [2.05, 4.69) is 24.0 Å². The van der Waals surface area contributed by atoms with Gasteiger partial charge in [-0.15, -0.1) is 0 Å². The van der Waals surface area contributed by atoms with Crippen molar-refractivity contribution >= 4 is 32.6 Å². The Hall–Kier alpha value is -3.05. The highest BCUT2D eigenvalue weighted by atomic mass is 32.1. The van der Waals surface area contributed by atoms with E-state index in [0.717, 1.165) is 33.5 Å². The van der Waals surface area contributed by atoms with Crippen LogP contribution < -0.4 is 4.90 Å². The molecule has 0 atom stereocenters. The van der Waals surface area contributed by atoms with Gasteiger partial charge in [-0.1, -0.05) is 48.1 Å². The van der Waals surface area contributed by atoms with Crippen molar-refractivity contribution < 1.29 is 4.79 Å². The van der Waals surface area contributed by atoms with Gasteiger partial charge in [0.25, 0.3) is 5.91 Å². The number of thiazole rings is 1. The van der Waals surface area contributed by atoms with Gasteiger partial charge in [-0.2, -0.15) is 0 Å². The Morgan fingerprint density at radius 1 is 1.07 bits per heavy atom. The van der Waals surface area contributed by atoms with E-state index in [1.807, 2.05) is 56.3 Å². The number of fused-ring (bicyclic) bond motifs is 1. The highest BCUT2D eigenvalue weighted by Gasteiger charge is 2.23. The number of nitrogens with zero attached hydrogens (tertiary/aromatic N) is 3. The maximum atomic E-state index is 13.6. The minimum absolute atomic E-state index is 0.0494. The number of aryl methyl sites for hydroxylation is 3. The zero-order valence-electron chi connectivity index (χ0n) is 16.8. The van der Waals surface area contributed by atoms with Gasteiger partial charge in [0.05, 0.1) is 22.5 Å². The van der Waals surface area contributed by atoms with Crippen LogP contribution in [0, 0.1) is 13.8 Å². The first kappa shape index (κ1) is 19.3. The average molecular weight is 402 g/mol. The number of carbonyl (C=O) groups excluding carboxylic acids is 1. The Morgan fingerprint density at radius 2 is 1.93 bits per heavy atom. The SMILES string of the molecule is CCc1ccc2nc(N(Cc3ccccn3)C(=O)c3cc(C)ccc3C)sc2c1. The predicted molar refractivity (Wildman–Crippen MR) is 120 cm³/mol. The lowest BCUT2D eigenvalue weighted by molar-refractivity contribution is 0.0984. The second-order valence-electron chi connectivity index (χ2n) is 7.18. The Labute approximate surface area is 174 Å². The summed E-state index contributed by atoms with van der Waals surface area (Å²) in [6, 6.07) is 18.0. The molecule has 2 heterocycles. The molecule has 0 radical (unpaired) electrons. The molecule has 146 valence electrons. The fraction of sp³-hybridized carbons (Fsp3) is 0.208. The Balaban J connectivity index is 1.79. The second-order valence-corrected chi connectivity index (χ2v) is 8.19. The smallest absolute Gasteiger partial charge is 0.260 e. The van der Waals surface area contributed by atoms with Crippen LogP contribution in [0.3, 0.4) is 0 Å². The summed E-state index contributed by atoms with van der Waals surface area (Å²) in [6.07, 6.45) is 2.73. The van der Waals surface area contributed by atoms with Gasteiger partial charge in [-0.05, 0) is 61.7 Å². The van der Waals surface area contributed by atoms with Crippen molar-refractivity contribution in [1.29, 1.82) is 0 Å². The van der Waals surface area contributed by atoms with Gasteiger partial charge in [-0.3, -0.25) is 14.7 Å². The van der Waals surface area contributed by atoms with E-state index in [1.165, 1.54) is 5.56 Å². The largest absolute Gasteiger partial charge is 0.278 e. The molecule has 2 aromatic heterocycles. The molecule has 0 unspecified atom stereocenters. The van der Waals surface area contributed by atoms with Crippen LogP contribution in [0.1, 0.15) is 39.7 Å². The van der Waals surface area contributed by atoms with Gasteiger partial charge in [0.15, 0.2) is 5.13 Å². The number of aromatic nitrogens is 2. The van der Waals surface area contributed by atoms with Crippen LogP contribution in [-0.4, -0.2) is 15.9 Å². The van der Waals surface area contributed by atoms with E-state index in [0.29, 0.717) is 17.2 Å². The molecule has 0 bridgehead atoms. The van der Waals surface area contributed by atoms with Crippen LogP contribution in [0.5, 0.6) is 0 Å². The lowest BCUT2D eigenvalue weighted by atomic mass is 10.0. The fourth-order valence-corrected chi connectivity index (χ4v) is 4.31. The molecule has 0 fully saturated rings. The molecule has 0 spiro atoms. The van der Waals surface area contributed by atoms with Crippen LogP contribution in [0.25, 0.3) is 10.2 Å². The van der Waals surface area contributed by atoms with Gasteiger partial charge in [0, 0.05) is 11.8 Å². The first-order valence-corrected chi connectivity index (χ1v) is 10.6. The van der Waals surface area contributed by atoms with E-state index in [9.17, 15) is 4.79 Å². The number of pyridine rings is 1. The molecule has 4 aromatic rings. The molecule has 4 nitrogen and oxygen atoms in total. The van der Waals surface area contributed by atoms with Crippen molar-refractivity contribution in [3.05, 3.63) is 88.7 Å².